The van der Waals surface area contributed by atoms with Gasteiger partial charge in [0.2, 0.25) is 5.91 Å². The lowest BCUT2D eigenvalue weighted by Crippen LogP contribution is -2.63. The predicted octanol–water partition coefficient (Wildman–Crippen LogP) is 5.35. The van der Waals surface area contributed by atoms with Crippen LogP contribution in [0.2, 0.25) is 0 Å². The van der Waals surface area contributed by atoms with Crippen LogP contribution in [0, 0.1) is 0 Å². The average molecular weight is 465 g/mol. The first-order valence-electron chi connectivity index (χ1n) is 11.3. The van der Waals surface area contributed by atoms with Gasteiger partial charge in [-0.1, -0.05) is 19.9 Å². The first kappa shape index (κ1) is 28.6. The maximum atomic E-state index is 13.2. The van der Waals surface area contributed by atoms with Crippen LogP contribution in [0.5, 0.6) is 11.5 Å². The van der Waals surface area contributed by atoms with Crippen molar-refractivity contribution in [2.75, 3.05) is 7.11 Å². The van der Waals surface area contributed by atoms with E-state index in [0.717, 1.165) is 5.56 Å². The molecule has 2 amide bonds. The van der Waals surface area contributed by atoms with Gasteiger partial charge in [0, 0.05) is 11.0 Å². The minimum atomic E-state index is -1.17. The Balaban J connectivity index is 3.13. The maximum Gasteiger partial charge on any atom is 0.408 e. The molecule has 1 aromatic rings. The number of benzene rings is 1. The van der Waals surface area contributed by atoms with Crippen LogP contribution >= 0.6 is 0 Å². The molecule has 188 valence electrons. The van der Waals surface area contributed by atoms with Crippen molar-refractivity contribution in [3.8, 4) is 11.5 Å². The normalized spacial score (nSPS) is 13.2. The fourth-order valence-corrected chi connectivity index (χ4v) is 3.04. The Morgan fingerprint density at radius 3 is 1.76 bits per heavy atom. The van der Waals surface area contributed by atoms with Crippen molar-refractivity contribution in [2.24, 2.45) is 0 Å². The first-order chi connectivity index (χ1) is 14.6. The summed E-state index contributed by atoms with van der Waals surface area (Å²) in [6.07, 6.45) is -0.640. The summed E-state index contributed by atoms with van der Waals surface area (Å²) < 4.78 is 16.9. The molecule has 1 aromatic carbocycles. The Morgan fingerprint density at radius 1 is 0.758 bits per heavy atom. The second-order valence-corrected chi connectivity index (χ2v) is 12.0. The van der Waals surface area contributed by atoms with Crippen LogP contribution in [0.1, 0.15) is 88.6 Å². The fourth-order valence-electron chi connectivity index (χ4n) is 3.04. The molecule has 0 aromatic heterocycles. The molecule has 2 N–H and O–H groups in total. The molecular weight excluding hydrogens is 420 g/mol. The number of carbonyl (C=O) groups excluding carboxylic acids is 2. The summed E-state index contributed by atoms with van der Waals surface area (Å²) >= 11 is 0. The highest BCUT2D eigenvalue weighted by Crippen LogP contribution is 2.40. The number of hydrogen-bond donors (Lipinski definition) is 2. The molecule has 0 atom stereocenters. The monoisotopic (exact) mass is 464 g/mol. The van der Waals surface area contributed by atoms with Gasteiger partial charge in [-0.05, 0) is 86.9 Å². The zero-order valence-electron chi connectivity index (χ0n) is 22.8. The highest BCUT2D eigenvalue weighted by atomic mass is 16.6. The van der Waals surface area contributed by atoms with Crippen LogP contribution in [0.3, 0.4) is 0 Å². The van der Waals surface area contributed by atoms with Gasteiger partial charge in [0.15, 0.2) is 11.5 Å². The van der Waals surface area contributed by atoms with Crippen LogP contribution in [0.15, 0.2) is 18.2 Å². The Morgan fingerprint density at radius 2 is 1.30 bits per heavy atom. The van der Waals surface area contributed by atoms with Gasteiger partial charge >= 0.3 is 6.09 Å². The SMILES string of the molecule is COc1cc(C(C)(C)C(C)(C)NC(=O)C(C)(C)NC(=O)OC(C)(C)C)ccc1OC(C)(C)C. The molecule has 0 saturated carbocycles. The van der Waals surface area contributed by atoms with Crippen LogP contribution in [-0.4, -0.2) is 41.4 Å². The molecule has 0 unspecified atom stereocenters. The lowest BCUT2D eigenvalue weighted by Gasteiger charge is -2.44. The quantitative estimate of drug-likeness (QED) is 0.568. The van der Waals surface area contributed by atoms with Crippen LogP contribution in [0.4, 0.5) is 4.79 Å². The van der Waals surface area contributed by atoms with Gasteiger partial charge in [0.05, 0.1) is 7.11 Å². The zero-order valence-corrected chi connectivity index (χ0v) is 22.8. The van der Waals surface area contributed by atoms with E-state index in [9.17, 15) is 9.59 Å². The molecule has 0 saturated heterocycles. The molecule has 0 heterocycles. The maximum absolute atomic E-state index is 13.2. The highest BCUT2D eigenvalue weighted by molar-refractivity contribution is 5.89. The lowest BCUT2D eigenvalue weighted by molar-refractivity contribution is -0.128. The third-order valence-corrected chi connectivity index (χ3v) is 5.67. The minimum absolute atomic E-state index is 0.314. The number of methoxy groups -OCH3 is 1. The van der Waals surface area contributed by atoms with Crippen molar-refractivity contribution in [3.63, 3.8) is 0 Å². The molecule has 7 heteroatoms. The van der Waals surface area contributed by atoms with Crippen molar-refractivity contribution in [3.05, 3.63) is 23.8 Å². The number of alkyl carbamates (subject to hydrolysis) is 1. The largest absolute Gasteiger partial charge is 0.493 e. The molecule has 1 rings (SSSR count). The van der Waals surface area contributed by atoms with E-state index in [1.54, 1.807) is 41.7 Å². The Hall–Kier alpha value is -2.44. The van der Waals surface area contributed by atoms with Gasteiger partial charge in [-0.25, -0.2) is 4.79 Å². The number of ether oxygens (including phenoxy) is 3. The van der Waals surface area contributed by atoms with E-state index >= 15 is 0 Å². The standard InChI is InChI=1S/C26H44N2O5/c1-22(2,3)32-18-15-14-17(16-19(18)31-13)24(7,8)26(11,12)27-20(29)25(9,10)28-21(30)33-23(4,5)6/h14-16H,1-13H3,(H,27,29)(H,28,30). The van der Waals surface area contributed by atoms with E-state index in [4.69, 9.17) is 14.2 Å². The summed E-state index contributed by atoms with van der Waals surface area (Å²) in [4.78, 5) is 25.4. The predicted molar refractivity (Wildman–Crippen MR) is 132 cm³/mol. The Kier molecular flexibility index (Phi) is 8.17. The molecule has 0 aliphatic heterocycles. The molecule has 0 spiro atoms. The van der Waals surface area contributed by atoms with E-state index in [2.05, 4.69) is 24.5 Å². The van der Waals surface area contributed by atoms with Gasteiger partial charge in [-0.3, -0.25) is 4.79 Å². The number of rotatable bonds is 7. The molecule has 0 aliphatic rings. The van der Waals surface area contributed by atoms with E-state index in [1.807, 2.05) is 52.8 Å². The zero-order chi connectivity index (χ0) is 26.0. The van der Waals surface area contributed by atoms with Crippen molar-refractivity contribution in [1.29, 1.82) is 0 Å². The fraction of sp³-hybridized carbons (Fsp3) is 0.692. The molecule has 0 bridgehead atoms. The number of nitrogens with one attached hydrogen (secondary N) is 2. The van der Waals surface area contributed by atoms with E-state index < -0.39 is 28.2 Å². The second-order valence-electron chi connectivity index (χ2n) is 12.0. The smallest absolute Gasteiger partial charge is 0.408 e. The van der Waals surface area contributed by atoms with Crippen LogP contribution in [0.25, 0.3) is 0 Å². The Labute approximate surface area is 199 Å². The van der Waals surface area contributed by atoms with Crippen molar-refractivity contribution in [1.82, 2.24) is 10.6 Å². The Bertz CT molecular complexity index is 858. The molecule has 0 fully saturated rings. The van der Waals surface area contributed by atoms with E-state index in [1.165, 1.54) is 0 Å². The summed E-state index contributed by atoms with van der Waals surface area (Å²) in [5, 5.41) is 5.78. The molecule has 0 aliphatic carbocycles. The molecule has 33 heavy (non-hydrogen) atoms. The van der Waals surface area contributed by atoms with Crippen LogP contribution < -0.4 is 20.1 Å². The van der Waals surface area contributed by atoms with E-state index in [-0.39, 0.29) is 11.5 Å². The van der Waals surface area contributed by atoms with Crippen LogP contribution in [-0.2, 0) is 14.9 Å². The van der Waals surface area contributed by atoms with Gasteiger partial charge in [-0.15, -0.1) is 0 Å². The van der Waals surface area contributed by atoms with Gasteiger partial charge in [0.1, 0.15) is 16.7 Å². The molecular formula is C26H44N2O5. The average Bonchev–Trinajstić information content (AvgIpc) is 2.57. The summed E-state index contributed by atoms with van der Waals surface area (Å²) in [5.41, 5.74) is -2.36. The lowest BCUT2D eigenvalue weighted by atomic mass is 9.69. The highest BCUT2D eigenvalue weighted by Gasteiger charge is 2.43. The number of hydrogen-bond acceptors (Lipinski definition) is 5. The summed E-state index contributed by atoms with van der Waals surface area (Å²) in [6.45, 7) is 22.6. The number of carbonyl (C=O) groups is 2. The third kappa shape index (κ3) is 7.83. The molecule has 0 radical (unpaired) electrons. The van der Waals surface area contributed by atoms with Crippen molar-refractivity contribution >= 4 is 12.0 Å². The van der Waals surface area contributed by atoms with Crippen molar-refractivity contribution < 1.29 is 23.8 Å². The van der Waals surface area contributed by atoms with Gasteiger partial charge in [0.25, 0.3) is 0 Å². The first-order valence-corrected chi connectivity index (χ1v) is 11.3. The molecule has 7 nitrogen and oxygen atoms in total. The summed E-state index contributed by atoms with van der Waals surface area (Å²) in [7, 11) is 1.61. The minimum Gasteiger partial charge on any atom is -0.493 e. The topological polar surface area (TPSA) is 85.9 Å². The summed E-state index contributed by atoms with van der Waals surface area (Å²) in [6, 6.07) is 5.83. The second kappa shape index (κ2) is 9.43. The third-order valence-electron chi connectivity index (χ3n) is 5.67. The van der Waals surface area contributed by atoms with E-state index in [0.29, 0.717) is 11.5 Å². The summed E-state index contributed by atoms with van der Waals surface area (Å²) in [5.74, 6) is 0.977. The van der Waals surface area contributed by atoms with Crippen molar-refractivity contribution in [2.45, 2.75) is 111 Å². The van der Waals surface area contributed by atoms with Gasteiger partial charge < -0.3 is 24.8 Å². The van der Waals surface area contributed by atoms with Gasteiger partial charge in [-0.2, -0.15) is 0 Å². The number of amides is 2.